The zero-order chi connectivity index (χ0) is 31.0. The zero-order valence-electron chi connectivity index (χ0n) is 24.1. The number of aromatic nitrogens is 1. The van der Waals surface area contributed by atoms with Gasteiger partial charge in [-0.2, -0.15) is 4.31 Å². The van der Waals surface area contributed by atoms with E-state index in [1.807, 2.05) is 18.2 Å². The van der Waals surface area contributed by atoms with Crippen LogP contribution in [0.25, 0.3) is 0 Å². The fourth-order valence-corrected chi connectivity index (χ4v) is 8.07. The maximum Gasteiger partial charge on any atom is 0.326 e. The number of carboxylic acid groups (broad SMARTS) is 1. The Labute approximate surface area is 256 Å². The summed E-state index contributed by atoms with van der Waals surface area (Å²) in [7, 11) is -3.98. The lowest BCUT2D eigenvalue weighted by Gasteiger charge is -2.31. The normalized spacial score (nSPS) is 17.2. The lowest BCUT2D eigenvalue weighted by Crippen LogP contribution is -2.56. The third-order valence-electron chi connectivity index (χ3n) is 7.19. The molecule has 10 nitrogen and oxygen atoms in total. The third kappa shape index (κ3) is 8.43. The molecule has 0 bridgehead atoms. The van der Waals surface area contributed by atoms with Gasteiger partial charge >= 0.3 is 5.97 Å². The molecule has 1 unspecified atom stereocenters. The van der Waals surface area contributed by atoms with Crippen molar-refractivity contribution in [2.75, 3.05) is 17.7 Å². The Morgan fingerprint density at radius 2 is 1.70 bits per heavy atom. The molecule has 1 saturated heterocycles. The first kappa shape index (κ1) is 32.2. The van der Waals surface area contributed by atoms with Crippen LogP contribution in [0.2, 0.25) is 0 Å². The molecular weight excluding hydrogens is 588 g/mol. The largest absolute Gasteiger partial charge is 0.480 e. The fourth-order valence-electron chi connectivity index (χ4n) is 4.88. The molecule has 2 atom stereocenters. The number of carbonyl (C=O) groups excluding carboxylic acids is 2. The van der Waals surface area contributed by atoms with E-state index in [4.69, 9.17) is 0 Å². The number of rotatable bonds is 14. The number of aliphatic carboxylic acids is 1. The van der Waals surface area contributed by atoms with E-state index in [9.17, 15) is 27.9 Å². The molecule has 1 aromatic heterocycles. The molecule has 3 N–H and O–H groups in total. The van der Waals surface area contributed by atoms with Gasteiger partial charge in [-0.05, 0) is 55.7 Å². The van der Waals surface area contributed by atoms with E-state index in [-0.39, 0.29) is 29.4 Å². The molecule has 4 rings (SSSR count). The summed E-state index contributed by atoms with van der Waals surface area (Å²) in [6, 6.07) is 18.1. The highest BCUT2D eigenvalue weighted by Gasteiger charge is 2.51. The molecule has 1 aliphatic heterocycles. The van der Waals surface area contributed by atoms with Crippen molar-refractivity contribution >= 4 is 45.3 Å². The molecule has 3 aromatic rings. The van der Waals surface area contributed by atoms with Crippen molar-refractivity contribution in [1.82, 2.24) is 14.6 Å². The Morgan fingerprint density at radius 1 is 1.02 bits per heavy atom. The molecule has 1 amide bonds. The fraction of sp³-hybridized carbons (Fsp3) is 0.355. The van der Waals surface area contributed by atoms with Crippen LogP contribution in [-0.4, -0.2) is 69.7 Å². The highest BCUT2D eigenvalue weighted by Crippen LogP contribution is 2.42. The number of carboxylic acids is 1. The number of nitrogens with one attached hydrogen (secondary N) is 2. The number of anilines is 1. The molecule has 2 heterocycles. The number of nitrogens with zero attached hydrogens (tertiary/aromatic N) is 2. The van der Waals surface area contributed by atoms with Crippen LogP contribution in [0, 0.1) is 0 Å². The summed E-state index contributed by atoms with van der Waals surface area (Å²) >= 11 is 1.32. The molecular formula is C31H36N4O6S2. The van der Waals surface area contributed by atoms with Gasteiger partial charge in [0.15, 0.2) is 0 Å². The summed E-state index contributed by atoms with van der Waals surface area (Å²) < 4.78 is 27.1. The molecule has 0 radical (unpaired) electrons. The van der Waals surface area contributed by atoms with Crippen molar-refractivity contribution in [1.29, 1.82) is 0 Å². The van der Waals surface area contributed by atoms with Crippen molar-refractivity contribution < 1.29 is 27.9 Å². The van der Waals surface area contributed by atoms with Crippen LogP contribution >= 0.6 is 11.8 Å². The van der Waals surface area contributed by atoms with Crippen LogP contribution in [0.4, 0.5) is 5.82 Å². The average Bonchev–Trinajstić information content (AvgIpc) is 3.32. The number of hydrogen-bond donors (Lipinski definition) is 3. The second-order valence-corrected chi connectivity index (χ2v) is 14.4. The van der Waals surface area contributed by atoms with E-state index in [2.05, 4.69) is 15.6 Å². The van der Waals surface area contributed by atoms with Crippen molar-refractivity contribution in [2.45, 2.75) is 61.3 Å². The van der Waals surface area contributed by atoms with E-state index in [0.29, 0.717) is 24.9 Å². The van der Waals surface area contributed by atoms with Crippen molar-refractivity contribution in [2.24, 2.45) is 0 Å². The predicted octanol–water partition coefficient (Wildman–Crippen LogP) is 3.74. The van der Waals surface area contributed by atoms with Gasteiger partial charge in [0.1, 0.15) is 23.7 Å². The molecule has 0 spiro atoms. The number of amides is 1. The van der Waals surface area contributed by atoms with Gasteiger partial charge in [-0.25, -0.2) is 18.2 Å². The van der Waals surface area contributed by atoms with Gasteiger partial charge < -0.3 is 15.7 Å². The lowest BCUT2D eigenvalue weighted by atomic mass is 9.99. The number of thioether (sulfide) groups is 1. The van der Waals surface area contributed by atoms with Crippen LogP contribution in [0.15, 0.2) is 83.9 Å². The number of Topliss-reactive ketones (excluding diaryl/α,β-unsaturated/α-hetero) is 1. The maximum atomic E-state index is 13.5. The third-order valence-corrected chi connectivity index (χ3v) is 10.6. The quantitative estimate of drug-likeness (QED) is 0.228. The van der Waals surface area contributed by atoms with Crippen molar-refractivity contribution in [3.63, 3.8) is 0 Å². The Hall–Kier alpha value is -3.74. The standard InChI is InChI=1S/C31H36N4O6S2/c1-31(2)28(35(21-42-31)43(40,41)25-10-4-3-5-11-25)29(37)34-26(30(38)39)20-23-15-13-22(14-16-23)19-24(36)9-8-18-33-27-12-6-7-17-32-27/h3-7,10-17,26,28H,8-9,18-21H2,1-2H3,(H,32,33)(H,34,37)(H,38,39)/t26?,28-/m1/s1. The summed E-state index contributed by atoms with van der Waals surface area (Å²) in [5.74, 6) is -0.962. The highest BCUT2D eigenvalue weighted by molar-refractivity contribution is 8.02. The van der Waals surface area contributed by atoms with E-state index < -0.39 is 38.7 Å². The minimum absolute atomic E-state index is 0.000216. The Balaban J connectivity index is 1.34. The monoisotopic (exact) mass is 624 g/mol. The molecule has 12 heteroatoms. The summed E-state index contributed by atoms with van der Waals surface area (Å²) in [6.07, 6.45) is 3.06. The average molecular weight is 625 g/mol. The van der Waals surface area contributed by atoms with Crippen LogP contribution in [0.1, 0.15) is 37.8 Å². The van der Waals surface area contributed by atoms with Crippen LogP contribution in [-0.2, 0) is 37.2 Å². The van der Waals surface area contributed by atoms with Gasteiger partial charge in [0.25, 0.3) is 0 Å². The van der Waals surface area contributed by atoms with Gasteiger partial charge in [-0.3, -0.25) is 9.59 Å². The number of ketones is 1. The van der Waals surface area contributed by atoms with Crippen LogP contribution in [0.3, 0.4) is 0 Å². The Kier molecular flexibility index (Phi) is 10.6. The second kappa shape index (κ2) is 14.2. The Bertz CT molecular complexity index is 1520. The van der Waals surface area contributed by atoms with Crippen LogP contribution in [0.5, 0.6) is 0 Å². The molecule has 2 aromatic carbocycles. The van der Waals surface area contributed by atoms with E-state index >= 15 is 0 Å². The first-order chi connectivity index (χ1) is 20.5. The number of benzene rings is 2. The van der Waals surface area contributed by atoms with Gasteiger partial charge in [0.2, 0.25) is 15.9 Å². The maximum absolute atomic E-state index is 13.5. The first-order valence-corrected chi connectivity index (χ1v) is 16.4. The minimum atomic E-state index is -3.98. The van der Waals surface area contributed by atoms with Gasteiger partial charge in [0, 0.05) is 36.8 Å². The summed E-state index contributed by atoms with van der Waals surface area (Å²) in [4.78, 5) is 42.3. The van der Waals surface area contributed by atoms with E-state index in [0.717, 1.165) is 15.7 Å². The molecule has 0 aliphatic carbocycles. The molecule has 1 aliphatic rings. The smallest absolute Gasteiger partial charge is 0.326 e. The van der Waals surface area contributed by atoms with Gasteiger partial charge in [-0.15, -0.1) is 11.8 Å². The molecule has 228 valence electrons. The molecule has 1 fully saturated rings. The van der Waals surface area contributed by atoms with Gasteiger partial charge in [0.05, 0.1) is 10.8 Å². The van der Waals surface area contributed by atoms with Gasteiger partial charge in [-0.1, -0.05) is 48.5 Å². The van der Waals surface area contributed by atoms with Crippen molar-refractivity contribution in [3.8, 4) is 0 Å². The van der Waals surface area contributed by atoms with E-state index in [1.165, 1.54) is 23.9 Å². The zero-order valence-corrected chi connectivity index (χ0v) is 25.7. The number of sulfonamides is 1. The number of carbonyl (C=O) groups is 3. The predicted molar refractivity (Wildman–Crippen MR) is 166 cm³/mol. The Morgan fingerprint density at radius 3 is 2.35 bits per heavy atom. The summed E-state index contributed by atoms with van der Waals surface area (Å²) in [6.45, 7) is 4.18. The highest BCUT2D eigenvalue weighted by atomic mass is 32.2. The minimum Gasteiger partial charge on any atom is -0.480 e. The SMILES string of the molecule is CC1(C)SCN(S(=O)(=O)c2ccccc2)[C@@H]1C(=O)NC(Cc1ccc(CC(=O)CCCNc2ccccn2)cc1)C(=O)O. The van der Waals surface area contributed by atoms with E-state index in [1.54, 1.807) is 62.5 Å². The van der Waals surface area contributed by atoms with Crippen LogP contribution < -0.4 is 10.6 Å². The summed E-state index contributed by atoms with van der Waals surface area (Å²) in [5.41, 5.74) is 1.48. The number of pyridine rings is 1. The molecule has 0 saturated carbocycles. The summed E-state index contributed by atoms with van der Waals surface area (Å²) in [5, 5.41) is 15.7. The molecule has 43 heavy (non-hydrogen) atoms. The topological polar surface area (TPSA) is 146 Å². The lowest BCUT2D eigenvalue weighted by molar-refractivity contribution is -0.142. The van der Waals surface area contributed by atoms with Crippen molar-refractivity contribution in [3.05, 3.63) is 90.1 Å². The second-order valence-electron chi connectivity index (χ2n) is 10.9. The number of hydrogen-bond acceptors (Lipinski definition) is 8. The first-order valence-electron chi connectivity index (χ1n) is 14.0.